The van der Waals surface area contributed by atoms with E-state index < -0.39 is 17.5 Å². The molecule has 0 heterocycles. The van der Waals surface area contributed by atoms with Crippen LogP contribution < -0.4 is 5.32 Å². The summed E-state index contributed by atoms with van der Waals surface area (Å²) in [6, 6.07) is 2.87. The van der Waals surface area contributed by atoms with Gasteiger partial charge in [0.2, 0.25) is 0 Å². The molecule has 5 heteroatoms. The summed E-state index contributed by atoms with van der Waals surface area (Å²) < 4.78 is 26.6. The third-order valence-corrected chi connectivity index (χ3v) is 4.56. The summed E-state index contributed by atoms with van der Waals surface area (Å²) >= 11 is 6.04. The number of carbonyl (C=O) groups excluding carboxylic acids is 1. The van der Waals surface area contributed by atoms with Gasteiger partial charge in [-0.25, -0.2) is 8.78 Å². The first-order chi connectivity index (χ1) is 9.56. The number of amides is 1. The van der Waals surface area contributed by atoms with Gasteiger partial charge in [-0.3, -0.25) is 4.79 Å². The van der Waals surface area contributed by atoms with Gasteiger partial charge in [-0.1, -0.05) is 19.3 Å². The summed E-state index contributed by atoms with van der Waals surface area (Å²) in [7, 11) is 0. The largest absolute Gasteiger partial charge is 0.351 e. The molecule has 1 aliphatic carbocycles. The lowest BCUT2D eigenvalue weighted by Gasteiger charge is -2.35. The van der Waals surface area contributed by atoms with Crippen LogP contribution >= 0.6 is 11.6 Å². The molecule has 0 unspecified atom stereocenters. The third-order valence-electron chi connectivity index (χ3n) is 3.99. The molecule has 20 heavy (non-hydrogen) atoms. The zero-order valence-corrected chi connectivity index (χ0v) is 12.0. The van der Waals surface area contributed by atoms with Crippen molar-refractivity contribution in [3.63, 3.8) is 0 Å². The molecule has 0 saturated heterocycles. The summed E-state index contributed by atoms with van der Waals surface area (Å²) in [4.78, 5) is 12.0. The number of carbonyl (C=O) groups is 1. The fourth-order valence-corrected chi connectivity index (χ4v) is 3.06. The topological polar surface area (TPSA) is 29.1 Å². The van der Waals surface area contributed by atoms with E-state index in [0.29, 0.717) is 12.4 Å². The smallest absolute Gasteiger partial charge is 0.254 e. The highest BCUT2D eigenvalue weighted by molar-refractivity contribution is 6.18. The van der Waals surface area contributed by atoms with Crippen molar-refractivity contribution >= 4 is 17.5 Å². The van der Waals surface area contributed by atoms with E-state index in [1.165, 1.54) is 6.42 Å². The summed E-state index contributed by atoms with van der Waals surface area (Å²) in [5.74, 6) is -1.45. The van der Waals surface area contributed by atoms with E-state index in [1.807, 2.05) is 0 Å². The maximum Gasteiger partial charge on any atom is 0.254 e. The van der Waals surface area contributed by atoms with Gasteiger partial charge in [0.05, 0.1) is 5.56 Å². The molecule has 0 aliphatic heterocycles. The number of rotatable bonds is 4. The minimum atomic E-state index is -0.715. The van der Waals surface area contributed by atoms with Crippen molar-refractivity contribution in [2.45, 2.75) is 32.1 Å². The number of nitrogens with one attached hydrogen (secondary N) is 1. The van der Waals surface area contributed by atoms with Crippen molar-refractivity contribution in [2.24, 2.45) is 5.41 Å². The Morgan fingerprint density at radius 2 is 1.95 bits per heavy atom. The van der Waals surface area contributed by atoms with Gasteiger partial charge < -0.3 is 5.32 Å². The van der Waals surface area contributed by atoms with Crippen molar-refractivity contribution in [1.29, 1.82) is 0 Å². The Morgan fingerprint density at radius 3 is 2.60 bits per heavy atom. The van der Waals surface area contributed by atoms with Crippen LogP contribution in [0.5, 0.6) is 0 Å². The van der Waals surface area contributed by atoms with Crippen LogP contribution in [0.4, 0.5) is 8.78 Å². The molecular weight excluding hydrogens is 284 g/mol. The highest BCUT2D eigenvalue weighted by Gasteiger charge is 2.31. The molecule has 1 aromatic carbocycles. The van der Waals surface area contributed by atoms with Gasteiger partial charge in [-0.05, 0) is 31.0 Å². The fourth-order valence-electron chi connectivity index (χ4n) is 2.69. The third kappa shape index (κ3) is 3.48. The standard InChI is InChI=1S/C15H18ClF2NO/c16-9-15(6-2-1-3-7-15)10-19-14(20)12-8-11(17)4-5-13(12)18/h4-5,8H,1-3,6-7,9-10H2,(H,19,20). The first-order valence-corrected chi connectivity index (χ1v) is 7.39. The van der Waals surface area contributed by atoms with E-state index in [1.54, 1.807) is 0 Å². The maximum atomic E-state index is 13.5. The van der Waals surface area contributed by atoms with Crippen molar-refractivity contribution in [1.82, 2.24) is 5.32 Å². The average molecular weight is 302 g/mol. The second-order valence-corrected chi connectivity index (χ2v) is 5.77. The van der Waals surface area contributed by atoms with E-state index in [0.717, 1.165) is 43.9 Å². The molecule has 1 saturated carbocycles. The Bertz CT molecular complexity index is 487. The fraction of sp³-hybridized carbons (Fsp3) is 0.533. The molecule has 0 bridgehead atoms. The van der Waals surface area contributed by atoms with Crippen molar-refractivity contribution in [3.8, 4) is 0 Å². The lowest BCUT2D eigenvalue weighted by atomic mass is 9.75. The van der Waals surface area contributed by atoms with E-state index in [9.17, 15) is 13.6 Å². The molecule has 0 spiro atoms. The zero-order chi connectivity index (χ0) is 14.6. The molecule has 1 N–H and O–H groups in total. The lowest BCUT2D eigenvalue weighted by molar-refractivity contribution is 0.0916. The molecule has 1 amide bonds. The van der Waals surface area contributed by atoms with Crippen LogP contribution in [-0.2, 0) is 0 Å². The predicted molar refractivity (Wildman–Crippen MR) is 74.9 cm³/mol. The molecule has 0 atom stereocenters. The van der Waals surface area contributed by atoms with Gasteiger partial charge in [-0.15, -0.1) is 11.6 Å². The van der Waals surface area contributed by atoms with E-state index in [2.05, 4.69) is 5.32 Å². The van der Waals surface area contributed by atoms with Gasteiger partial charge in [0, 0.05) is 17.8 Å². The SMILES string of the molecule is O=C(NCC1(CCl)CCCCC1)c1cc(F)ccc1F. The maximum absolute atomic E-state index is 13.5. The van der Waals surface area contributed by atoms with Gasteiger partial charge in [0.15, 0.2) is 0 Å². The molecule has 2 nitrogen and oxygen atoms in total. The Balaban J connectivity index is 2.02. The Labute approximate surface area is 122 Å². The van der Waals surface area contributed by atoms with E-state index >= 15 is 0 Å². The quantitative estimate of drug-likeness (QED) is 0.840. The molecule has 110 valence electrons. The van der Waals surface area contributed by atoms with Crippen LogP contribution in [0.1, 0.15) is 42.5 Å². The predicted octanol–water partition coefficient (Wildman–Crippen LogP) is 3.88. The number of halogens is 3. The second kappa shape index (κ2) is 6.53. The van der Waals surface area contributed by atoms with Crippen LogP contribution in [-0.4, -0.2) is 18.3 Å². The van der Waals surface area contributed by atoms with Crippen molar-refractivity contribution in [2.75, 3.05) is 12.4 Å². The summed E-state index contributed by atoms with van der Waals surface area (Å²) in [5.41, 5.74) is -0.371. The van der Waals surface area contributed by atoms with Gasteiger partial charge in [0.1, 0.15) is 11.6 Å². The van der Waals surface area contributed by atoms with Crippen LogP contribution in [0.2, 0.25) is 0 Å². The van der Waals surface area contributed by atoms with Crippen molar-refractivity contribution in [3.05, 3.63) is 35.4 Å². The lowest BCUT2D eigenvalue weighted by Crippen LogP contribution is -2.40. The van der Waals surface area contributed by atoms with Gasteiger partial charge >= 0.3 is 0 Å². The zero-order valence-electron chi connectivity index (χ0n) is 11.2. The Kier molecular flexibility index (Phi) is 4.97. The molecule has 1 fully saturated rings. The molecular formula is C15H18ClF2NO. The van der Waals surface area contributed by atoms with E-state index in [-0.39, 0.29) is 11.0 Å². The number of hydrogen-bond donors (Lipinski definition) is 1. The monoisotopic (exact) mass is 301 g/mol. The first kappa shape index (κ1) is 15.2. The number of hydrogen-bond acceptors (Lipinski definition) is 1. The van der Waals surface area contributed by atoms with Gasteiger partial charge in [0.25, 0.3) is 5.91 Å². The summed E-state index contributed by atoms with van der Waals surface area (Å²) in [5, 5.41) is 2.70. The van der Waals surface area contributed by atoms with Crippen LogP contribution in [0.25, 0.3) is 0 Å². The molecule has 0 radical (unpaired) electrons. The van der Waals surface area contributed by atoms with Crippen LogP contribution in [0, 0.1) is 17.0 Å². The Hall–Kier alpha value is -1.16. The van der Waals surface area contributed by atoms with Crippen molar-refractivity contribution < 1.29 is 13.6 Å². The van der Waals surface area contributed by atoms with Gasteiger partial charge in [-0.2, -0.15) is 0 Å². The molecule has 1 aromatic rings. The molecule has 2 rings (SSSR count). The van der Waals surface area contributed by atoms with Crippen LogP contribution in [0.3, 0.4) is 0 Å². The second-order valence-electron chi connectivity index (χ2n) is 5.50. The summed E-state index contributed by atoms with van der Waals surface area (Å²) in [6.45, 7) is 0.408. The Morgan fingerprint density at radius 1 is 1.25 bits per heavy atom. The molecule has 1 aliphatic rings. The first-order valence-electron chi connectivity index (χ1n) is 6.86. The minimum absolute atomic E-state index is 0.112. The van der Waals surface area contributed by atoms with E-state index in [4.69, 9.17) is 11.6 Å². The highest BCUT2D eigenvalue weighted by atomic mass is 35.5. The normalized spacial score (nSPS) is 17.8. The molecule has 0 aromatic heterocycles. The highest BCUT2D eigenvalue weighted by Crippen LogP contribution is 2.36. The average Bonchev–Trinajstić information content (AvgIpc) is 2.48. The summed E-state index contributed by atoms with van der Waals surface area (Å²) in [6.07, 6.45) is 5.30. The minimum Gasteiger partial charge on any atom is -0.351 e. The number of alkyl halides is 1. The van der Waals surface area contributed by atoms with Crippen LogP contribution in [0.15, 0.2) is 18.2 Å². The number of benzene rings is 1.